The molecule has 1 aromatic heterocycles. The van der Waals surface area contributed by atoms with Crippen LogP contribution in [0, 0.1) is 0 Å². The van der Waals surface area contributed by atoms with Crippen molar-refractivity contribution in [2.24, 2.45) is 5.84 Å². The van der Waals surface area contributed by atoms with E-state index in [0.29, 0.717) is 23.2 Å². The number of nitrogens with two attached hydrogens (primary N) is 1. The number of anilines is 1. The van der Waals surface area contributed by atoms with Crippen LogP contribution < -0.4 is 20.7 Å². The minimum absolute atomic E-state index is 0.415. The highest BCUT2D eigenvalue weighted by atomic mass is 79.9. The Labute approximate surface area is 117 Å². The van der Waals surface area contributed by atoms with Crippen LogP contribution in [0.1, 0.15) is 4.88 Å². The lowest BCUT2D eigenvalue weighted by atomic mass is 10.3. The van der Waals surface area contributed by atoms with Gasteiger partial charge in [0.25, 0.3) is 0 Å². The van der Waals surface area contributed by atoms with E-state index >= 15 is 0 Å². The van der Waals surface area contributed by atoms with Crippen LogP contribution in [0.5, 0.6) is 11.5 Å². The van der Waals surface area contributed by atoms with Crippen molar-refractivity contribution in [3.63, 3.8) is 0 Å². The minimum Gasteiger partial charge on any atom is -0.493 e. The molecule has 1 aromatic carbocycles. The first kappa shape index (κ1) is 13.1. The molecule has 0 atom stereocenters. The lowest BCUT2D eigenvalue weighted by Gasteiger charge is -2.11. The van der Waals surface area contributed by atoms with Crippen LogP contribution in [-0.2, 0) is 6.61 Å². The smallest absolute Gasteiger partial charge is 0.197 e. The van der Waals surface area contributed by atoms with E-state index in [4.69, 9.17) is 15.3 Å². The molecule has 1 heterocycles. The molecule has 2 aromatic rings. The third kappa shape index (κ3) is 2.92. The van der Waals surface area contributed by atoms with Gasteiger partial charge in [-0.15, -0.1) is 0 Å². The van der Waals surface area contributed by atoms with Gasteiger partial charge in [0.05, 0.1) is 16.5 Å². The number of rotatable bonds is 5. The third-order valence-electron chi connectivity index (χ3n) is 2.19. The first-order valence-corrected chi connectivity index (χ1v) is 6.72. The number of ether oxygens (including phenoxy) is 2. The number of aromatic nitrogens is 1. The molecule has 0 bridgehead atoms. The molecule has 3 N–H and O–H groups in total. The van der Waals surface area contributed by atoms with Crippen molar-refractivity contribution in [2.45, 2.75) is 6.61 Å². The molecule has 0 saturated carbocycles. The summed E-state index contributed by atoms with van der Waals surface area (Å²) in [5, 5.41) is 0.660. The normalized spacial score (nSPS) is 10.2. The number of hydrogen-bond acceptors (Lipinski definition) is 6. The third-order valence-corrected chi connectivity index (χ3v) is 3.71. The molecule has 0 fully saturated rings. The molecular formula is C11H12BrN3O2S. The second-order valence-corrected chi connectivity index (χ2v) is 5.31. The van der Waals surface area contributed by atoms with Crippen LogP contribution >= 0.6 is 27.3 Å². The van der Waals surface area contributed by atoms with Gasteiger partial charge in [-0.2, -0.15) is 0 Å². The first-order valence-electron chi connectivity index (χ1n) is 5.11. The maximum atomic E-state index is 5.73. The van der Waals surface area contributed by atoms with Crippen LogP contribution in [0.4, 0.5) is 5.13 Å². The van der Waals surface area contributed by atoms with E-state index in [1.807, 2.05) is 18.2 Å². The Morgan fingerprint density at radius 2 is 2.33 bits per heavy atom. The summed E-state index contributed by atoms with van der Waals surface area (Å²) < 4.78 is 11.8. The number of nitrogens with zero attached hydrogens (tertiary/aromatic N) is 1. The van der Waals surface area contributed by atoms with Crippen molar-refractivity contribution >= 4 is 32.4 Å². The standard InChI is InChI=1S/C11H12BrN3O2S/c1-16-9-4-2-3-8(12)10(9)17-6-7-5-14-11(15-13)18-7/h2-5H,6,13H2,1H3,(H,14,15). The van der Waals surface area contributed by atoms with Crippen LogP contribution in [0.25, 0.3) is 0 Å². The van der Waals surface area contributed by atoms with E-state index < -0.39 is 0 Å². The van der Waals surface area contributed by atoms with E-state index in [0.717, 1.165) is 9.35 Å². The summed E-state index contributed by atoms with van der Waals surface area (Å²) >= 11 is 4.87. The van der Waals surface area contributed by atoms with Gasteiger partial charge in [0, 0.05) is 6.20 Å². The molecule has 2 rings (SSSR count). The molecule has 0 spiro atoms. The number of nitrogens with one attached hydrogen (secondary N) is 1. The SMILES string of the molecule is COc1cccc(Br)c1OCc1cnc(NN)s1. The van der Waals surface area contributed by atoms with Gasteiger partial charge in [0.1, 0.15) is 6.61 Å². The van der Waals surface area contributed by atoms with Gasteiger partial charge in [-0.3, -0.25) is 5.43 Å². The summed E-state index contributed by atoms with van der Waals surface area (Å²) in [6, 6.07) is 5.63. The number of thiazole rings is 1. The number of hydrazine groups is 1. The van der Waals surface area contributed by atoms with E-state index in [2.05, 4.69) is 26.3 Å². The molecule has 0 radical (unpaired) electrons. The average Bonchev–Trinajstić information content (AvgIpc) is 2.85. The van der Waals surface area contributed by atoms with E-state index in [1.165, 1.54) is 11.3 Å². The summed E-state index contributed by atoms with van der Waals surface area (Å²) in [5.41, 5.74) is 2.50. The summed E-state index contributed by atoms with van der Waals surface area (Å²) in [6.45, 7) is 0.415. The molecule has 0 unspecified atom stereocenters. The zero-order valence-corrected chi connectivity index (χ0v) is 12.0. The fraction of sp³-hybridized carbons (Fsp3) is 0.182. The highest BCUT2D eigenvalue weighted by Crippen LogP contribution is 2.35. The van der Waals surface area contributed by atoms with E-state index in [9.17, 15) is 0 Å². The zero-order valence-electron chi connectivity index (χ0n) is 9.64. The summed E-state index contributed by atoms with van der Waals surface area (Å²) in [5.74, 6) is 6.63. The maximum Gasteiger partial charge on any atom is 0.197 e. The molecule has 0 aliphatic carbocycles. The quantitative estimate of drug-likeness (QED) is 0.652. The number of nitrogen functional groups attached to an aromatic ring is 1. The van der Waals surface area contributed by atoms with Crippen molar-refractivity contribution in [1.82, 2.24) is 4.98 Å². The summed E-state index contributed by atoms with van der Waals surface area (Å²) in [6.07, 6.45) is 1.73. The first-order chi connectivity index (χ1) is 8.74. The average molecular weight is 330 g/mol. The van der Waals surface area contributed by atoms with Crippen LogP contribution in [0.15, 0.2) is 28.9 Å². The molecule has 5 nitrogen and oxygen atoms in total. The van der Waals surface area contributed by atoms with Crippen molar-refractivity contribution in [1.29, 1.82) is 0 Å². The number of halogens is 1. The minimum atomic E-state index is 0.415. The number of benzene rings is 1. The highest BCUT2D eigenvalue weighted by molar-refractivity contribution is 9.10. The van der Waals surface area contributed by atoms with Crippen molar-refractivity contribution in [3.05, 3.63) is 33.7 Å². The molecule has 0 amide bonds. The van der Waals surface area contributed by atoms with Crippen molar-refractivity contribution in [3.8, 4) is 11.5 Å². The van der Waals surface area contributed by atoms with Gasteiger partial charge in [0.15, 0.2) is 16.6 Å². The Bertz CT molecular complexity index is 533. The zero-order chi connectivity index (χ0) is 13.0. The molecule has 18 heavy (non-hydrogen) atoms. The summed E-state index contributed by atoms with van der Waals surface area (Å²) in [4.78, 5) is 5.04. The Hall–Kier alpha value is -1.31. The molecule has 0 aliphatic heterocycles. The monoisotopic (exact) mass is 329 g/mol. The molecule has 0 aliphatic rings. The van der Waals surface area contributed by atoms with Crippen LogP contribution in [-0.4, -0.2) is 12.1 Å². The van der Waals surface area contributed by atoms with Gasteiger partial charge in [-0.25, -0.2) is 10.8 Å². The Balaban J connectivity index is 2.10. The van der Waals surface area contributed by atoms with Crippen molar-refractivity contribution < 1.29 is 9.47 Å². The highest BCUT2D eigenvalue weighted by Gasteiger charge is 2.09. The lowest BCUT2D eigenvalue weighted by Crippen LogP contribution is -2.05. The second-order valence-electron chi connectivity index (χ2n) is 3.34. The van der Waals surface area contributed by atoms with Gasteiger partial charge >= 0.3 is 0 Å². The predicted octanol–water partition coefficient (Wildman–Crippen LogP) is 2.78. The van der Waals surface area contributed by atoms with Crippen LogP contribution in [0.2, 0.25) is 0 Å². The predicted molar refractivity (Wildman–Crippen MR) is 75.0 cm³/mol. The van der Waals surface area contributed by atoms with Gasteiger partial charge in [-0.05, 0) is 28.1 Å². The number of hydrogen-bond donors (Lipinski definition) is 2. The van der Waals surface area contributed by atoms with Crippen molar-refractivity contribution in [2.75, 3.05) is 12.5 Å². The largest absolute Gasteiger partial charge is 0.493 e. The summed E-state index contributed by atoms with van der Waals surface area (Å²) in [7, 11) is 1.61. The lowest BCUT2D eigenvalue weighted by molar-refractivity contribution is 0.285. The van der Waals surface area contributed by atoms with Gasteiger partial charge < -0.3 is 9.47 Å². The Kier molecular flexibility index (Phi) is 4.40. The molecular weight excluding hydrogens is 318 g/mol. The van der Waals surface area contributed by atoms with E-state index in [-0.39, 0.29) is 0 Å². The topological polar surface area (TPSA) is 69.4 Å². The maximum absolute atomic E-state index is 5.73. The molecule has 0 saturated heterocycles. The second kappa shape index (κ2) is 6.03. The Morgan fingerprint density at radius 3 is 3.00 bits per heavy atom. The Morgan fingerprint density at radius 1 is 1.50 bits per heavy atom. The molecule has 7 heteroatoms. The van der Waals surface area contributed by atoms with Gasteiger partial charge in [0.2, 0.25) is 0 Å². The fourth-order valence-electron chi connectivity index (χ4n) is 1.37. The fourth-order valence-corrected chi connectivity index (χ4v) is 2.47. The molecule has 96 valence electrons. The van der Waals surface area contributed by atoms with E-state index in [1.54, 1.807) is 13.3 Å². The van der Waals surface area contributed by atoms with Gasteiger partial charge in [-0.1, -0.05) is 17.4 Å². The number of methoxy groups -OCH3 is 1. The number of para-hydroxylation sites is 1. The van der Waals surface area contributed by atoms with Crippen LogP contribution in [0.3, 0.4) is 0 Å².